The standard InChI is InChI=1S/C20H21ClN2O6/c1-27-15-6-4-14(5-7-15)22-19(25)12-29-20(26)10-9-18(24)23-16-11-13(21)3-8-17(16)28-2/h3-8,11H,9-10,12H2,1-2H3,(H,22,25)(H,23,24). The van der Waals surface area contributed by atoms with Crippen LogP contribution in [-0.2, 0) is 19.1 Å². The topological polar surface area (TPSA) is 103 Å². The highest BCUT2D eigenvalue weighted by molar-refractivity contribution is 6.31. The lowest BCUT2D eigenvalue weighted by Gasteiger charge is -2.10. The summed E-state index contributed by atoms with van der Waals surface area (Å²) in [4.78, 5) is 35.6. The number of rotatable bonds is 9. The van der Waals surface area contributed by atoms with Crippen molar-refractivity contribution in [3.63, 3.8) is 0 Å². The lowest BCUT2D eigenvalue weighted by atomic mass is 10.2. The first-order chi connectivity index (χ1) is 13.9. The third kappa shape index (κ3) is 7.34. The smallest absolute Gasteiger partial charge is 0.306 e. The van der Waals surface area contributed by atoms with Crippen molar-refractivity contribution in [3.8, 4) is 11.5 Å². The molecule has 2 amide bonds. The molecule has 2 rings (SSSR count). The molecule has 2 aromatic carbocycles. The number of amides is 2. The number of benzene rings is 2. The average Bonchev–Trinajstić information content (AvgIpc) is 2.71. The van der Waals surface area contributed by atoms with Crippen LogP contribution in [0.2, 0.25) is 5.02 Å². The summed E-state index contributed by atoms with van der Waals surface area (Å²) in [5.74, 6) is -0.464. The first kappa shape index (κ1) is 22.0. The molecule has 0 saturated heterocycles. The van der Waals surface area contributed by atoms with E-state index in [1.54, 1.807) is 49.6 Å². The van der Waals surface area contributed by atoms with Crippen molar-refractivity contribution in [1.29, 1.82) is 0 Å². The van der Waals surface area contributed by atoms with Gasteiger partial charge in [-0.05, 0) is 42.5 Å². The molecular weight excluding hydrogens is 400 g/mol. The zero-order valence-corrected chi connectivity index (χ0v) is 16.7. The molecule has 9 heteroatoms. The molecule has 0 bridgehead atoms. The molecule has 8 nitrogen and oxygen atoms in total. The summed E-state index contributed by atoms with van der Waals surface area (Å²) in [6.07, 6.45) is -0.293. The van der Waals surface area contributed by atoms with Gasteiger partial charge in [-0.25, -0.2) is 0 Å². The Kier molecular flexibility index (Phi) is 8.29. The van der Waals surface area contributed by atoms with Crippen LogP contribution in [0.5, 0.6) is 11.5 Å². The maximum atomic E-state index is 12.0. The van der Waals surface area contributed by atoms with Gasteiger partial charge >= 0.3 is 5.97 Å². The highest BCUT2D eigenvalue weighted by Crippen LogP contribution is 2.27. The summed E-state index contributed by atoms with van der Waals surface area (Å²) in [6.45, 7) is -0.450. The molecule has 0 fully saturated rings. The van der Waals surface area contributed by atoms with Crippen LogP contribution in [0.1, 0.15) is 12.8 Å². The van der Waals surface area contributed by atoms with E-state index < -0.39 is 24.4 Å². The number of carbonyl (C=O) groups excluding carboxylic acids is 3. The quantitative estimate of drug-likeness (QED) is 0.603. The van der Waals surface area contributed by atoms with Gasteiger partial charge in [-0.3, -0.25) is 14.4 Å². The van der Waals surface area contributed by atoms with Crippen molar-refractivity contribution < 1.29 is 28.6 Å². The number of hydrogen-bond donors (Lipinski definition) is 2. The van der Waals surface area contributed by atoms with E-state index in [1.165, 1.54) is 7.11 Å². The SMILES string of the molecule is COc1ccc(NC(=O)COC(=O)CCC(=O)Nc2cc(Cl)ccc2OC)cc1. The second-order valence-electron chi connectivity index (χ2n) is 5.83. The zero-order chi connectivity index (χ0) is 21.2. The maximum absolute atomic E-state index is 12.0. The van der Waals surface area contributed by atoms with Crippen LogP contribution in [0.3, 0.4) is 0 Å². The summed E-state index contributed by atoms with van der Waals surface area (Å²) in [7, 11) is 3.01. The van der Waals surface area contributed by atoms with Crippen molar-refractivity contribution in [2.24, 2.45) is 0 Å². The van der Waals surface area contributed by atoms with Crippen molar-refractivity contribution in [3.05, 3.63) is 47.5 Å². The highest BCUT2D eigenvalue weighted by Gasteiger charge is 2.13. The Bertz CT molecular complexity index is 870. The van der Waals surface area contributed by atoms with Crippen molar-refractivity contribution in [1.82, 2.24) is 0 Å². The fraction of sp³-hybridized carbons (Fsp3) is 0.250. The first-order valence-corrected chi connectivity index (χ1v) is 9.02. The average molecular weight is 421 g/mol. The monoisotopic (exact) mass is 420 g/mol. The van der Waals surface area contributed by atoms with E-state index in [9.17, 15) is 14.4 Å². The van der Waals surface area contributed by atoms with E-state index in [-0.39, 0.29) is 12.8 Å². The zero-order valence-electron chi connectivity index (χ0n) is 16.0. The highest BCUT2D eigenvalue weighted by atomic mass is 35.5. The molecule has 0 spiro atoms. The summed E-state index contributed by atoms with van der Waals surface area (Å²) in [5, 5.41) is 5.64. The van der Waals surface area contributed by atoms with Crippen LogP contribution in [-0.4, -0.2) is 38.6 Å². The molecule has 29 heavy (non-hydrogen) atoms. The van der Waals surface area contributed by atoms with Gasteiger partial charge in [0.25, 0.3) is 5.91 Å². The Balaban J connectivity index is 1.72. The number of esters is 1. The van der Waals surface area contributed by atoms with Gasteiger partial charge in [0, 0.05) is 17.1 Å². The van der Waals surface area contributed by atoms with Gasteiger partial charge in [0.05, 0.1) is 26.3 Å². The van der Waals surface area contributed by atoms with Crippen LogP contribution in [0, 0.1) is 0 Å². The Morgan fingerprint density at radius 3 is 2.28 bits per heavy atom. The molecule has 0 aliphatic carbocycles. The summed E-state index contributed by atoms with van der Waals surface area (Å²) >= 11 is 5.90. The molecule has 154 valence electrons. The lowest BCUT2D eigenvalue weighted by molar-refractivity contribution is -0.147. The van der Waals surface area contributed by atoms with E-state index in [1.807, 2.05) is 0 Å². The largest absolute Gasteiger partial charge is 0.497 e. The summed E-state index contributed by atoms with van der Waals surface area (Å²) in [6, 6.07) is 11.5. The molecule has 2 N–H and O–H groups in total. The van der Waals surface area contributed by atoms with E-state index in [4.69, 9.17) is 25.8 Å². The third-order valence-electron chi connectivity index (χ3n) is 3.73. The fourth-order valence-corrected chi connectivity index (χ4v) is 2.47. The van der Waals surface area contributed by atoms with Crippen LogP contribution in [0.15, 0.2) is 42.5 Å². The minimum Gasteiger partial charge on any atom is -0.497 e. The Hall–Kier alpha value is -3.26. The molecule has 0 atom stereocenters. The van der Waals surface area contributed by atoms with Crippen molar-refractivity contribution in [2.75, 3.05) is 31.5 Å². The van der Waals surface area contributed by atoms with Crippen LogP contribution < -0.4 is 20.1 Å². The molecule has 0 heterocycles. The lowest BCUT2D eigenvalue weighted by Crippen LogP contribution is -2.21. The van der Waals surface area contributed by atoms with E-state index in [0.717, 1.165) is 0 Å². The third-order valence-corrected chi connectivity index (χ3v) is 3.96. The maximum Gasteiger partial charge on any atom is 0.306 e. The van der Waals surface area contributed by atoms with Crippen LogP contribution in [0.4, 0.5) is 11.4 Å². The number of hydrogen-bond acceptors (Lipinski definition) is 6. The molecule has 0 aliphatic heterocycles. The second kappa shape index (κ2) is 10.9. The molecular formula is C20H21ClN2O6. The minimum absolute atomic E-state index is 0.116. The molecule has 0 aliphatic rings. The number of anilines is 2. The number of nitrogens with one attached hydrogen (secondary N) is 2. The van der Waals surface area contributed by atoms with Crippen LogP contribution in [0.25, 0.3) is 0 Å². The Labute approximate surface area is 173 Å². The Morgan fingerprint density at radius 2 is 1.62 bits per heavy atom. The summed E-state index contributed by atoms with van der Waals surface area (Å²) in [5.41, 5.74) is 0.943. The molecule has 0 unspecified atom stereocenters. The molecule has 0 radical (unpaired) electrons. The van der Waals surface area contributed by atoms with Gasteiger partial charge in [-0.1, -0.05) is 11.6 Å². The number of halogens is 1. The van der Waals surface area contributed by atoms with E-state index in [0.29, 0.717) is 27.9 Å². The van der Waals surface area contributed by atoms with Crippen molar-refractivity contribution >= 4 is 40.8 Å². The number of ether oxygens (including phenoxy) is 3. The first-order valence-electron chi connectivity index (χ1n) is 8.64. The number of methoxy groups -OCH3 is 2. The van der Waals surface area contributed by atoms with Gasteiger partial charge in [-0.2, -0.15) is 0 Å². The molecule has 2 aromatic rings. The van der Waals surface area contributed by atoms with Gasteiger partial charge in [0.15, 0.2) is 6.61 Å². The van der Waals surface area contributed by atoms with E-state index >= 15 is 0 Å². The Morgan fingerprint density at radius 1 is 0.897 bits per heavy atom. The van der Waals surface area contributed by atoms with Gasteiger partial charge in [-0.15, -0.1) is 0 Å². The second-order valence-corrected chi connectivity index (χ2v) is 6.27. The van der Waals surface area contributed by atoms with E-state index in [2.05, 4.69) is 10.6 Å². The van der Waals surface area contributed by atoms with Gasteiger partial charge in [0.2, 0.25) is 5.91 Å². The summed E-state index contributed by atoms with van der Waals surface area (Å²) < 4.78 is 15.0. The number of carbonyl (C=O) groups is 3. The van der Waals surface area contributed by atoms with Gasteiger partial charge in [0.1, 0.15) is 11.5 Å². The predicted octanol–water partition coefficient (Wildman–Crippen LogP) is 3.26. The van der Waals surface area contributed by atoms with Gasteiger partial charge < -0.3 is 24.8 Å². The predicted molar refractivity (Wildman–Crippen MR) is 108 cm³/mol. The molecule has 0 aromatic heterocycles. The van der Waals surface area contributed by atoms with Crippen molar-refractivity contribution in [2.45, 2.75) is 12.8 Å². The minimum atomic E-state index is -0.664. The normalized spacial score (nSPS) is 10.0. The molecule has 0 saturated carbocycles. The van der Waals surface area contributed by atoms with Crippen LogP contribution >= 0.6 is 11.6 Å². The fourth-order valence-electron chi connectivity index (χ4n) is 2.30.